The molecule has 0 N–H and O–H groups in total. The Morgan fingerprint density at radius 3 is 2.25 bits per heavy atom. The van der Waals surface area contributed by atoms with Gasteiger partial charge in [-0.15, -0.1) is 0 Å². The maximum absolute atomic E-state index is 11.5. The van der Waals surface area contributed by atoms with Gasteiger partial charge < -0.3 is 9.64 Å². The van der Waals surface area contributed by atoms with Gasteiger partial charge in [0, 0.05) is 14.1 Å². The number of alkyl halides is 3. The Morgan fingerprint density at radius 1 is 1.42 bits per heavy atom. The summed E-state index contributed by atoms with van der Waals surface area (Å²) >= 11 is 0. The number of halogens is 3. The summed E-state index contributed by atoms with van der Waals surface area (Å²) in [6.45, 7) is -0.624. The van der Waals surface area contributed by atoms with Crippen molar-refractivity contribution in [3.8, 4) is 0 Å². The summed E-state index contributed by atoms with van der Waals surface area (Å²) in [6.07, 6.45) is -6.14. The molecule has 0 spiro atoms. The predicted octanol–water partition coefficient (Wildman–Crippen LogP) is 1.64. The van der Waals surface area contributed by atoms with Crippen LogP contribution in [-0.2, 0) is 4.74 Å². The highest BCUT2D eigenvalue weighted by atomic mass is 19.4. The van der Waals surface area contributed by atoms with Crippen molar-refractivity contribution >= 4 is 6.09 Å². The summed E-state index contributed by atoms with van der Waals surface area (Å²) in [5.41, 5.74) is 0. The number of nitrogens with zero attached hydrogens (tertiary/aromatic N) is 1. The van der Waals surface area contributed by atoms with E-state index in [4.69, 9.17) is 0 Å². The fourth-order valence-electron chi connectivity index (χ4n) is 0.383. The third-order valence-electron chi connectivity index (χ3n) is 0.976. The minimum absolute atomic E-state index is 0.624. The molecule has 6 heteroatoms. The van der Waals surface area contributed by atoms with Crippen molar-refractivity contribution in [2.45, 2.75) is 12.6 Å². The molecule has 0 heterocycles. The van der Waals surface area contributed by atoms with E-state index in [1.165, 1.54) is 14.1 Å². The zero-order valence-corrected chi connectivity index (χ0v) is 6.81. The predicted molar refractivity (Wildman–Crippen MR) is 35.7 cm³/mol. The Kier molecular flexibility index (Phi) is 3.85. The van der Waals surface area contributed by atoms with Gasteiger partial charge in [-0.1, -0.05) is 0 Å². The first kappa shape index (κ1) is 11.1. The van der Waals surface area contributed by atoms with Gasteiger partial charge in [-0.2, -0.15) is 13.2 Å². The number of hydrogen-bond acceptors (Lipinski definition) is 2. The highest BCUT2D eigenvalue weighted by Gasteiger charge is 2.27. The second kappa shape index (κ2) is 4.18. The highest BCUT2D eigenvalue weighted by Crippen LogP contribution is 2.18. The second-order valence-corrected chi connectivity index (χ2v) is 2.37. The van der Waals surface area contributed by atoms with Crippen molar-refractivity contribution in [3.05, 3.63) is 0 Å². The summed E-state index contributed by atoms with van der Waals surface area (Å²) in [4.78, 5) is 11.6. The molecule has 0 unspecified atom stereocenters. The largest absolute Gasteiger partial charge is 0.449 e. The van der Waals surface area contributed by atoms with Crippen molar-refractivity contribution in [3.63, 3.8) is 0 Å². The maximum Gasteiger partial charge on any atom is 0.409 e. The molecule has 0 bridgehead atoms. The van der Waals surface area contributed by atoms with E-state index in [2.05, 4.69) is 4.74 Å². The van der Waals surface area contributed by atoms with Gasteiger partial charge in [0.25, 0.3) is 0 Å². The first-order valence-corrected chi connectivity index (χ1v) is 3.24. The van der Waals surface area contributed by atoms with Crippen molar-refractivity contribution in [2.24, 2.45) is 0 Å². The first-order valence-electron chi connectivity index (χ1n) is 3.24. The zero-order chi connectivity index (χ0) is 9.78. The average Bonchev–Trinajstić information content (AvgIpc) is 1.84. The van der Waals surface area contributed by atoms with Crippen LogP contribution in [-0.4, -0.2) is 37.9 Å². The van der Waals surface area contributed by atoms with Crippen molar-refractivity contribution in [1.29, 1.82) is 0 Å². The van der Waals surface area contributed by atoms with Gasteiger partial charge in [0.1, 0.15) is 6.61 Å². The van der Waals surface area contributed by atoms with Crippen LogP contribution in [0.15, 0.2) is 0 Å². The lowest BCUT2D eigenvalue weighted by Crippen LogP contribution is -2.24. The summed E-state index contributed by atoms with van der Waals surface area (Å²) in [6, 6.07) is 0. The summed E-state index contributed by atoms with van der Waals surface area (Å²) in [5.74, 6) is 0. The molecule has 0 saturated carbocycles. The zero-order valence-electron chi connectivity index (χ0n) is 6.81. The molecule has 0 aromatic heterocycles. The van der Waals surface area contributed by atoms with Crippen LogP contribution >= 0.6 is 0 Å². The third kappa shape index (κ3) is 5.82. The summed E-state index contributed by atoms with van der Waals surface area (Å²) in [5, 5.41) is 0. The van der Waals surface area contributed by atoms with Gasteiger partial charge in [-0.25, -0.2) is 4.79 Å². The van der Waals surface area contributed by atoms with Crippen LogP contribution in [0.3, 0.4) is 0 Å². The van der Waals surface area contributed by atoms with Gasteiger partial charge in [-0.3, -0.25) is 0 Å². The molecule has 0 aromatic rings. The molecule has 12 heavy (non-hydrogen) atoms. The molecule has 0 saturated heterocycles. The number of carbonyl (C=O) groups is 1. The molecule has 0 aromatic carbocycles. The van der Waals surface area contributed by atoms with E-state index >= 15 is 0 Å². The normalized spacial score (nSPS) is 11.1. The van der Waals surface area contributed by atoms with Crippen LogP contribution in [0.4, 0.5) is 18.0 Å². The van der Waals surface area contributed by atoms with E-state index in [0.717, 1.165) is 4.90 Å². The molecule has 0 radical (unpaired) electrons. The number of amides is 1. The van der Waals surface area contributed by atoms with Crippen molar-refractivity contribution < 1.29 is 22.7 Å². The van der Waals surface area contributed by atoms with E-state index in [1.807, 2.05) is 0 Å². The Balaban J connectivity index is 3.51. The number of ether oxygens (including phenoxy) is 1. The van der Waals surface area contributed by atoms with E-state index in [9.17, 15) is 18.0 Å². The molecule has 1 amide bonds. The fourth-order valence-corrected chi connectivity index (χ4v) is 0.383. The Bertz CT molecular complexity index is 155. The lowest BCUT2D eigenvalue weighted by atomic mass is 10.4. The molecule has 0 aliphatic heterocycles. The number of rotatable bonds is 2. The van der Waals surface area contributed by atoms with Gasteiger partial charge in [0.05, 0.1) is 6.42 Å². The number of hydrogen-bond donors (Lipinski definition) is 0. The van der Waals surface area contributed by atoms with Crippen molar-refractivity contribution in [2.75, 3.05) is 20.7 Å². The van der Waals surface area contributed by atoms with Crippen LogP contribution in [0.5, 0.6) is 0 Å². The van der Waals surface area contributed by atoms with Gasteiger partial charge >= 0.3 is 12.3 Å². The van der Waals surface area contributed by atoms with Crippen LogP contribution in [0.2, 0.25) is 0 Å². The number of carbonyl (C=O) groups excluding carboxylic acids is 1. The molecule has 72 valence electrons. The molecule has 0 aliphatic rings. The molecule has 0 fully saturated rings. The minimum Gasteiger partial charge on any atom is -0.449 e. The van der Waals surface area contributed by atoms with Gasteiger partial charge in [-0.05, 0) is 0 Å². The quantitative estimate of drug-likeness (QED) is 0.654. The highest BCUT2D eigenvalue weighted by molar-refractivity contribution is 5.66. The lowest BCUT2D eigenvalue weighted by Gasteiger charge is -2.11. The Labute approximate surface area is 68.1 Å². The molecular weight excluding hydrogens is 175 g/mol. The fraction of sp³-hybridized carbons (Fsp3) is 0.833. The van der Waals surface area contributed by atoms with E-state index in [-0.39, 0.29) is 0 Å². The van der Waals surface area contributed by atoms with Crippen LogP contribution in [0, 0.1) is 0 Å². The van der Waals surface area contributed by atoms with Crippen LogP contribution < -0.4 is 0 Å². The summed E-state index contributed by atoms with van der Waals surface area (Å²) in [7, 11) is 2.80. The topological polar surface area (TPSA) is 29.5 Å². The van der Waals surface area contributed by atoms with Gasteiger partial charge in [0.15, 0.2) is 0 Å². The van der Waals surface area contributed by atoms with Crippen molar-refractivity contribution in [1.82, 2.24) is 4.90 Å². The summed E-state index contributed by atoms with van der Waals surface area (Å²) < 4.78 is 38.8. The molecular formula is C6H10F3NO2. The smallest absolute Gasteiger partial charge is 0.409 e. The first-order chi connectivity index (χ1) is 5.33. The second-order valence-electron chi connectivity index (χ2n) is 2.37. The Morgan fingerprint density at radius 2 is 1.92 bits per heavy atom. The molecule has 3 nitrogen and oxygen atoms in total. The maximum atomic E-state index is 11.5. The monoisotopic (exact) mass is 185 g/mol. The standard InChI is InChI=1S/C6H10F3NO2/c1-10(2)5(11)12-4-3-6(7,8)9/h3-4H2,1-2H3. The third-order valence-corrected chi connectivity index (χ3v) is 0.976. The van der Waals surface area contributed by atoms with E-state index in [1.54, 1.807) is 0 Å². The van der Waals surface area contributed by atoms with Crippen LogP contribution in [0.1, 0.15) is 6.42 Å². The molecule has 0 rings (SSSR count). The SMILES string of the molecule is CN(C)C(=O)OCCC(F)(F)F. The minimum atomic E-state index is -4.27. The van der Waals surface area contributed by atoms with Crippen LogP contribution in [0.25, 0.3) is 0 Å². The average molecular weight is 185 g/mol. The van der Waals surface area contributed by atoms with Gasteiger partial charge in [0.2, 0.25) is 0 Å². The molecule has 0 atom stereocenters. The Hall–Kier alpha value is -0.940. The van der Waals surface area contributed by atoms with E-state index < -0.39 is 25.3 Å². The van der Waals surface area contributed by atoms with E-state index in [0.29, 0.717) is 0 Å². The molecule has 0 aliphatic carbocycles. The lowest BCUT2D eigenvalue weighted by molar-refractivity contribution is -0.141.